The van der Waals surface area contributed by atoms with Crippen molar-refractivity contribution in [2.75, 3.05) is 37.6 Å². The van der Waals surface area contributed by atoms with Gasteiger partial charge < -0.3 is 9.80 Å². The van der Waals surface area contributed by atoms with E-state index < -0.39 is 0 Å². The number of nitrogens with zero attached hydrogens (tertiary/aromatic N) is 3. The van der Waals surface area contributed by atoms with Crippen molar-refractivity contribution in [3.63, 3.8) is 0 Å². The third kappa shape index (κ3) is 4.21. The number of benzene rings is 2. The second-order valence-corrected chi connectivity index (χ2v) is 7.88. The molecule has 2 aromatic carbocycles. The molecule has 1 fully saturated rings. The zero-order chi connectivity index (χ0) is 22.0. The van der Waals surface area contributed by atoms with Gasteiger partial charge in [-0.3, -0.25) is 24.1 Å². The highest BCUT2D eigenvalue weighted by Gasteiger charge is 2.34. The van der Waals surface area contributed by atoms with Crippen LogP contribution in [0.15, 0.2) is 48.5 Å². The highest BCUT2D eigenvalue weighted by Crippen LogP contribution is 2.23. The summed E-state index contributed by atoms with van der Waals surface area (Å²) < 4.78 is 0. The molecular weight excluding hydrogens is 394 g/mol. The van der Waals surface area contributed by atoms with Gasteiger partial charge in [0.1, 0.15) is 0 Å². The molecule has 2 aromatic rings. The largest absolute Gasteiger partial charge is 0.368 e. The summed E-state index contributed by atoms with van der Waals surface area (Å²) >= 11 is 0. The molecule has 0 aromatic heterocycles. The number of hydrogen-bond donors (Lipinski definition) is 0. The van der Waals surface area contributed by atoms with Gasteiger partial charge in [-0.15, -0.1) is 0 Å². The van der Waals surface area contributed by atoms with Crippen LogP contribution in [0.25, 0.3) is 0 Å². The number of Topliss-reactive ketones (excluding diaryl/α,β-unsaturated/α-hetero) is 1. The number of carbonyl (C=O) groups excluding carboxylic acids is 4. The van der Waals surface area contributed by atoms with Gasteiger partial charge in [-0.25, -0.2) is 0 Å². The number of imide groups is 1. The Kier molecular flexibility index (Phi) is 5.84. The summed E-state index contributed by atoms with van der Waals surface area (Å²) in [5.74, 6) is -0.471. The molecule has 160 valence electrons. The topological polar surface area (TPSA) is 78.0 Å². The van der Waals surface area contributed by atoms with Crippen LogP contribution in [-0.2, 0) is 4.79 Å². The molecule has 31 heavy (non-hydrogen) atoms. The van der Waals surface area contributed by atoms with Crippen molar-refractivity contribution < 1.29 is 19.2 Å². The van der Waals surface area contributed by atoms with E-state index in [0.717, 1.165) is 18.8 Å². The smallest absolute Gasteiger partial charge is 0.261 e. The van der Waals surface area contributed by atoms with Gasteiger partial charge in [0.15, 0.2) is 5.78 Å². The van der Waals surface area contributed by atoms with Gasteiger partial charge in [0, 0.05) is 50.4 Å². The maximum absolute atomic E-state index is 12.6. The normalized spacial score (nSPS) is 16.0. The first-order chi connectivity index (χ1) is 15.0. The van der Waals surface area contributed by atoms with Gasteiger partial charge >= 0.3 is 0 Å². The lowest BCUT2D eigenvalue weighted by Gasteiger charge is -2.36. The number of anilines is 1. The summed E-state index contributed by atoms with van der Waals surface area (Å²) in [6.07, 6.45) is 0.762. The molecule has 0 radical (unpaired) electrons. The van der Waals surface area contributed by atoms with E-state index in [0.29, 0.717) is 42.6 Å². The maximum atomic E-state index is 12.6. The summed E-state index contributed by atoms with van der Waals surface area (Å²) in [6.45, 7) is 4.50. The van der Waals surface area contributed by atoms with Gasteiger partial charge in [-0.2, -0.15) is 0 Å². The van der Waals surface area contributed by atoms with Gasteiger partial charge in [-0.05, 0) is 49.7 Å². The lowest BCUT2D eigenvalue weighted by Crippen LogP contribution is -2.48. The summed E-state index contributed by atoms with van der Waals surface area (Å²) in [6, 6.07) is 14.3. The third-order valence-electron chi connectivity index (χ3n) is 5.92. The van der Waals surface area contributed by atoms with E-state index in [1.807, 2.05) is 29.2 Å². The van der Waals surface area contributed by atoms with E-state index in [9.17, 15) is 19.2 Å². The van der Waals surface area contributed by atoms with Crippen LogP contribution in [0.4, 0.5) is 5.69 Å². The minimum Gasteiger partial charge on any atom is -0.368 e. The average molecular weight is 419 g/mol. The van der Waals surface area contributed by atoms with Gasteiger partial charge in [0.25, 0.3) is 11.8 Å². The van der Waals surface area contributed by atoms with Crippen molar-refractivity contribution in [1.29, 1.82) is 0 Å². The second kappa shape index (κ2) is 8.71. The molecule has 0 bridgehead atoms. The molecule has 0 spiro atoms. The van der Waals surface area contributed by atoms with Crippen LogP contribution in [0.5, 0.6) is 0 Å². The molecule has 0 N–H and O–H groups in total. The first-order valence-corrected chi connectivity index (χ1v) is 10.5. The lowest BCUT2D eigenvalue weighted by atomic mass is 10.1. The van der Waals surface area contributed by atoms with Crippen molar-refractivity contribution in [2.24, 2.45) is 0 Å². The number of carbonyl (C=O) groups is 4. The second-order valence-electron chi connectivity index (χ2n) is 7.88. The SMILES string of the molecule is CC(=O)c1ccc(N2CCN(C(=O)CCCN3C(=O)c4ccccc4C3=O)CC2)cc1. The van der Waals surface area contributed by atoms with Gasteiger partial charge in [-0.1, -0.05) is 12.1 Å². The van der Waals surface area contributed by atoms with Crippen LogP contribution >= 0.6 is 0 Å². The van der Waals surface area contributed by atoms with E-state index >= 15 is 0 Å². The summed E-state index contributed by atoms with van der Waals surface area (Å²) in [5.41, 5.74) is 2.61. The molecule has 2 aliphatic rings. The maximum Gasteiger partial charge on any atom is 0.261 e. The van der Waals surface area contributed by atoms with E-state index in [4.69, 9.17) is 0 Å². The van der Waals surface area contributed by atoms with Crippen molar-refractivity contribution in [3.8, 4) is 0 Å². The standard InChI is InChI=1S/C24H25N3O4/c1-17(28)18-8-10-19(11-9-18)25-13-15-26(16-14-25)22(29)7-4-12-27-23(30)20-5-2-3-6-21(20)24(27)31/h2-3,5-6,8-11H,4,7,12-16H2,1H3. The number of ketones is 1. The molecule has 2 aliphatic heterocycles. The highest BCUT2D eigenvalue weighted by molar-refractivity contribution is 6.21. The highest BCUT2D eigenvalue weighted by atomic mass is 16.2. The molecule has 7 heteroatoms. The Labute approximate surface area is 181 Å². The van der Waals surface area contributed by atoms with Crippen LogP contribution in [-0.4, -0.2) is 66.0 Å². The Morgan fingerprint density at radius 2 is 1.42 bits per heavy atom. The minimum atomic E-state index is -0.280. The van der Waals surface area contributed by atoms with Crippen molar-refractivity contribution in [2.45, 2.75) is 19.8 Å². The monoisotopic (exact) mass is 419 g/mol. The Bertz CT molecular complexity index is 988. The lowest BCUT2D eigenvalue weighted by molar-refractivity contribution is -0.131. The van der Waals surface area contributed by atoms with Crippen LogP contribution in [0.2, 0.25) is 0 Å². The first kappa shape index (κ1) is 20.8. The molecule has 0 unspecified atom stereocenters. The molecule has 1 saturated heterocycles. The summed E-state index contributed by atoms with van der Waals surface area (Å²) in [7, 11) is 0. The van der Waals surface area contributed by atoms with Gasteiger partial charge in [0.05, 0.1) is 11.1 Å². The number of fused-ring (bicyclic) bond motifs is 1. The molecule has 7 nitrogen and oxygen atoms in total. The molecular formula is C24H25N3O4. The zero-order valence-corrected chi connectivity index (χ0v) is 17.5. The number of hydrogen-bond acceptors (Lipinski definition) is 5. The van der Waals surface area contributed by atoms with E-state index in [1.54, 1.807) is 31.2 Å². The average Bonchev–Trinajstić information content (AvgIpc) is 3.04. The molecule has 0 saturated carbocycles. The Morgan fingerprint density at radius 3 is 1.97 bits per heavy atom. The number of rotatable bonds is 6. The molecule has 0 aliphatic carbocycles. The van der Waals surface area contributed by atoms with Crippen LogP contribution in [0.3, 0.4) is 0 Å². The van der Waals surface area contributed by atoms with Crippen LogP contribution in [0, 0.1) is 0 Å². The quantitative estimate of drug-likeness (QED) is 0.531. The van der Waals surface area contributed by atoms with Crippen LogP contribution in [0.1, 0.15) is 50.8 Å². The Balaban J connectivity index is 1.24. The Hall–Kier alpha value is -3.48. The molecule has 3 amide bonds. The fraction of sp³-hybridized carbons (Fsp3) is 0.333. The Morgan fingerprint density at radius 1 is 0.839 bits per heavy atom. The minimum absolute atomic E-state index is 0.0446. The first-order valence-electron chi connectivity index (χ1n) is 10.5. The fourth-order valence-corrected chi connectivity index (χ4v) is 4.11. The molecule has 0 atom stereocenters. The number of amides is 3. The summed E-state index contributed by atoms with van der Waals surface area (Å²) in [4.78, 5) is 54.1. The molecule has 2 heterocycles. The van der Waals surface area contributed by atoms with Crippen molar-refractivity contribution in [3.05, 3.63) is 65.2 Å². The van der Waals surface area contributed by atoms with Crippen LogP contribution < -0.4 is 4.90 Å². The van der Waals surface area contributed by atoms with E-state index in [2.05, 4.69) is 4.90 Å². The van der Waals surface area contributed by atoms with Gasteiger partial charge in [0.2, 0.25) is 5.91 Å². The van der Waals surface area contributed by atoms with E-state index in [-0.39, 0.29) is 30.0 Å². The zero-order valence-electron chi connectivity index (χ0n) is 17.5. The summed E-state index contributed by atoms with van der Waals surface area (Å²) in [5, 5.41) is 0. The fourth-order valence-electron chi connectivity index (χ4n) is 4.11. The van der Waals surface area contributed by atoms with Crippen molar-refractivity contribution >= 4 is 29.2 Å². The van der Waals surface area contributed by atoms with E-state index in [1.165, 1.54) is 4.90 Å². The predicted octanol–water partition coefficient (Wildman–Crippen LogP) is 2.61. The number of piperazine rings is 1. The third-order valence-corrected chi connectivity index (χ3v) is 5.92. The molecule has 4 rings (SSSR count). The predicted molar refractivity (Wildman–Crippen MR) is 116 cm³/mol. The van der Waals surface area contributed by atoms with Crippen molar-refractivity contribution in [1.82, 2.24) is 9.80 Å².